The number of nitrogens with one attached hydrogen (secondary N) is 1. The highest BCUT2D eigenvalue weighted by molar-refractivity contribution is 6.62. The van der Waals surface area contributed by atoms with Gasteiger partial charge in [0.1, 0.15) is 0 Å². The lowest BCUT2D eigenvalue weighted by atomic mass is 9.78. The second-order valence-electron chi connectivity index (χ2n) is 8.91. The SMILES string of the molecule is Cc1ccc(NC(=O)CCc2cccc(B3OC(C)(C)C(C)(C)O3)c2)cc1C(F)(F)F. The van der Waals surface area contributed by atoms with Crippen LogP contribution < -0.4 is 10.8 Å². The van der Waals surface area contributed by atoms with E-state index in [2.05, 4.69) is 5.32 Å². The van der Waals surface area contributed by atoms with Crippen LogP contribution >= 0.6 is 0 Å². The Morgan fingerprint density at radius 3 is 2.29 bits per heavy atom. The predicted molar refractivity (Wildman–Crippen MR) is 115 cm³/mol. The molecule has 1 aliphatic heterocycles. The van der Waals surface area contributed by atoms with Crippen molar-refractivity contribution in [3.63, 3.8) is 0 Å². The molecule has 31 heavy (non-hydrogen) atoms. The zero-order chi connectivity index (χ0) is 23.0. The molecule has 0 atom stereocenters. The molecule has 1 saturated heterocycles. The molecule has 0 aliphatic carbocycles. The van der Waals surface area contributed by atoms with Crippen LogP contribution in [-0.4, -0.2) is 24.2 Å². The molecule has 1 amide bonds. The second kappa shape index (κ2) is 8.32. The van der Waals surface area contributed by atoms with Gasteiger partial charge in [0, 0.05) is 12.1 Å². The summed E-state index contributed by atoms with van der Waals surface area (Å²) < 4.78 is 51.3. The summed E-state index contributed by atoms with van der Waals surface area (Å²) in [4.78, 5) is 12.3. The van der Waals surface area contributed by atoms with E-state index in [4.69, 9.17) is 9.31 Å². The van der Waals surface area contributed by atoms with Crippen LogP contribution in [0.25, 0.3) is 0 Å². The zero-order valence-corrected chi connectivity index (χ0v) is 18.4. The van der Waals surface area contributed by atoms with E-state index in [0.29, 0.717) is 6.42 Å². The van der Waals surface area contributed by atoms with Gasteiger partial charge in [-0.25, -0.2) is 0 Å². The minimum atomic E-state index is -4.46. The van der Waals surface area contributed by atoms with Crippen LogP contribution in [0.15, 0.2) is 42.5 Å². The third-order valence-electron chi connectivity index (χ3n) is 5.94. The first-order valence-corrected chi connectivity index (χ1v) is 10.2. The molecule has 1 N–H and O–H groups in total. The largest absolute Gasteiger partial charge is 0.494 e. The molecule has 1 heterocycles. The summed E-state index contributed by atoms with van der Waals surface area (Å²) in [5.41, 5.74) is 0.389. The first kappa shape index (κ1) is 23.4. The van der Waals surface area contributed by atoms with Crippen molar-refractivity contribution in [3.8, 4) is 0 Å². The molecular formula is C23H27BF3NO3. The zero-order valence-electron chi connectivity index (χ0n) is 18.4. The maximum atomic E-state index is 13.1. The molecule has 0 bridgehead atoms. The number of amides is 1. The van der Waals surface area contributed by atoms with Crippen molar-refractivity contribution in [1.29, 1.82) is 0 Å². The Hall–Kier alpha value is -2.32. The van der Waals surface area contributed by atoms with Crippen LogP contribution in [0, 0.1) is 6.92 Å². The molecule has 2 aromatic rings. The number of carbonyl (C=O) groups is 1. The van der Waals surface area contributed by atoms with E-state index in [1.54, 1.807) is 0 Å². The number of rotatable bonds is 5. The Morgan fingerprint density at radius 2 is 1.68 bits per heavy atom. The van der Waals surface area contributed by atoms with Crippen molar-refractivity contribution in [2.75, 3.05) is 5.32 Å². The third-order valence-corrected chi connectivity index (χ3v) is 5.94. The van der Waals surface area contributed by atoms with Gasteiger partial charge in [0.15, 0.2) is 0 Å². The Balaban J connectivity index is 1.62. The summed E-state index contributed by atoms with van der Waals surface area (Å²) in [6.45, 7) is 9.32. The summed E-state index contributed by atoms with van der Waals surface area (Å²) in [5.74, 6) is -0.349. The van der Waals surface area contributed by atoms with Gasteiger partial charge in [-0.15, -0.1) is 0 Å². The topological polar surface area (TPSA) is 47.6 Å². The van der Waals surface area contributed by atoms with Crippen molar-refractivity contribution < 1.29 is 27.3 Å². The van der Waals surface area contributed by atoms with Crippen LogP contribution in [0.5, 0.6) is 0 Å². The highest BCUT2D eigenvalue weighted by Gasteiger charge is 2.51. The molecule has 2 aromatic carbocycles. The molecule has 4 nitrogen and oxygen atoms in total. The quantitative estimate of drug-likeness (QED) is 0.684. The van der Waals surface area contributed by atoms with Crippen LogP contribution in [-0.2, 0) is 26.7 Å². The van der Waals surface area contributed by atoms with Crippen LogP contribution in [0.2, 0.25) is 0 Å². The number of anilines is 1. The first-order valence-electron chi connectivity index (χ1n) is 10.2. The minimum Gasteiger partial charge on any atom is -0.399 e. The van der Waals surface area contributed by atoms with Crippen molar-refractivity contribution in [1.82, 2.24) is 0 Å². The Bertz CT molecular complexity index is 957. The van der Waals surface area contributed by atoms with Crippen molar-refractivity contribution in [2.45, 2.75) is 64.8 Å². The predicted octanol–water partition coefficient (Wildman–Crippen LogP) is 4.88. The van der Waals surface area contributed by atoms with Gasteiger partial charge in [0.05, 0.1) is 16.8 Å². The highest BCUT2D eigenvalue weighted by atomic mass is 19.4. The van der Waals surface area contributed by atoms with E-state index < -0.39 is 30.1 Å². The lowest BCUT2D eigenvalue weighted by Crippen LogP contribution is -2.41. The summed E-state index contributed by atoms with van der Waals surface area (Å²) in [6, 6.07) is 11.4. The molecule has 166 valence electrons. The smallest absolute Gasteiger partial charge is 0.399 e. The average molecular weight is 433 g/mol. The lowest BCUT2D eigenvalue weighted by Gasteiger charge is -2.32. The highest BCUT2D eigenvalue weighted by Crippen LogP contribution is 2.36. The monoisotopic (exact) mass is 433 g/mol. The Morgan fingerprint density at radius 1 is 1.03 bits per heavy atom. The molecule has 0 spiro atoms. The molecule has 0 aromatic heterocycles. The van der Waals surface area contributed by atoms with Gasteiger partial charge < -0.3 is 14.6 Å². The van der Waals surface area contributed by atoms with E-state index in [1.165, 1.54) is 19.1 Å². The van der Waals surface area contributed by atoms with E-state index in [1.807, 2.05) is 52.0 Å². The standard InChI is InChI=1S/C23H27BF3NO3/c1-15-9-11-18(14-19(15)23(25,26)27)28-20(29)12-10-16-7-6-8-17(13-16)24-30-21(2,3)22(4,5)31-24/h6-9,11,13-14H,10,12H2,1-5H3,(H,28,29). The summed E-state index contributed by atoms with van der Waals surface area (Å²) in [6.07, 6.45) is -3.88. The van der Waals surface area contributed by atoms with Gasteiger partial charge in [-0.3, -0.25) is 4.79 Å². The molecule has 1 aliphatic rings. The summed E-state index contributed by atoms with van der Waals surface area (Å²) in [5, 5.41) is 2.55. The van der Waals surface area contributed by atoms with Crippen LogP contribution in [0.4, 0.5) is 18.9 Å². The van der Waals surface area contributed by atoms with E-state index in [-0.39, 0.29) is 23.6 Å². The molecule has 0 unspecified atom stereocenters. The van der Waals surface area contributed by atoms with Crippen LogP contribution in [0.1, 0.15) is 50.8 Å². The third kappa shape index (κ3) is 5.30. The molecule has 1 fully saturated rings. The van der Waals surface area contributed by atoms with Gasteiger partial charge >= 0.3 is 13.3 Å². The second-order valence-corrected chi connectivity index (χ2v) is 8.91. The van der Waals surface area contributed by atoms with Gasteiger partial charge in [0.25, 0.3) is 0 Å². The molecule has 8 heteroatoms. The Labute approximate surface area is 181 Å². The number of aryl methyl sites for hydroxylation is 2. The van der Waals surface area contributed by atoms with Gasteiger partial charge in [-0.05, 0) is 69.8 Å². The first-order chi connectivity index (χ1) is 14.3. The molecule has 3 rings (SSSR count). The number of carbonyl (C=O) groups excluding carboxylic acids is 1. The maximum Gasteiger partial charge on any atom is 0.494 e. The fourth-order valence-corrected chi connectivity index (χ4v) is 3.36. The average Bonchev–Trinajstić information content (AvgIpc) is 2.88. The summed E-state index contributed by atoms with van der Waals surface area (Å²) >= 11 is 0. The minimum absolute atomic E-state index is 0.116. The van der Waals surface area contributed by atoms with E-state index >= 15 is 0 Å². The number of alkyl halides is 3. The van der Waals surface area contributed by atoms with Gasteiger partial charge in [0.2, 0.25) is 5.91 Å². The van der Waals surface area contributed by atoms with Crippen molar-refractivity contribution >= 4 is 24.2 Å². The lowest BCUT2D eigenvalue weighted by molar-refractivity contribution is -0.138. The number of hydrogen-bond acceptors (Lipinski definition) is 3. The summed E-state index contributed by atoms with van der Waals surface area (Å²) in [7, 11) is -0.493. The Kier molecular flexibility index (Phi) is 6.26. The van der Waals surface area contributed by atoms with Gasteiger partial charge in [-0.2, -0.15) is 13.2 Å². The van der Waals surface area contributed by atoms with E-state index in [9.17, 15) is 18.0 Å². The van der Waals surface area contributed by atoms with Crippen molar-refractivity contribution in [3.05, 3.63) is 59.2 Å². The van der Waals surface area contributed by atoms with Crippen LogP contribution in [0.3, 0.4) is 0 Å². The molecule has 0 radical (unpaired) electrons. The normalized spacial score (nSPS) is 17.6. The number of halogens is 3. The maximum absolute atomic E-state index is 13.1. The molecule has 0 saturated carbocycles. The fourth-order valence-electron chi connectivity index (χ4n) is 3.36. The number of hydrogen-bond donors (Lipinski definition) is 1. The number of benzene rings is 2. The fraction of sp³-hybridized carbons (Fsp3) is 0.435. The molecular weight excluding hydrogens is 406 g/mol. The van der Waals surface area contributed by atoms with Gasteiger partial charge in [-0.1, -0.05) is 30.3 Å². The van der Waals surface area contributed by atoms with E-state index in [0.717, 1.165) is 17.1 Å². The van der Waals surface area contributed by atoms with Crippen molar-refractivity contribution in [2.24, 2.45) is 0 Å².